The lowest BCUT2D eigenvalue weighted by molar-refractivity contribution is -0.141. The largest absolute Gasteiger partial charge is 0.496 e. The van der Waals surface area contributed by atoms with E-state index >= 15 is 0 Å². The number of alkyl halides is 3. The van der Waals surface area contributed by atoms with Gasteiger partial charge in [-0.1, -0.05) is 18.2 Å². The molecular weight excluding hydrogens is 333 g/mol. The van der Waals surface area contributed by atoms with Gasteiger partial charge in [0.1, 0.15) is 11.6 Å². The van der Waals surface area contributed by atoms with Gasteiger partial charge in [0, 0.05) is 23.7 Å². The lowest BCUT2D eigenvalue weighted by Crippen LogP contribution is -2.28. The Morgan fingerprint density at radius 1 is 1.08 bits per heavy atom. The van der Waals surface area contributed by atoms with E-state index in [4.69, 9.17) is 4.74 Å². The zero-order chi connectivity index (χ0) is 18.7. The standard InChI is InChI=1S/C17H21F3N4O/c1-16(2,3)24-15-22-13(17(18,19)20)9-14(23-15)21-10-11-7-5-6-8-12(11)25-4/h5-9H,10H2,1-4H3,(H2,21,22,23,24). The number of ether oxygens (including phenoxy) is 1. The molecule has 1 aromatic heterocycles. The molecule has 8 heteroatoms. The Bertz CT molecular complexity index is 727. The molecule has 5 nitrogen and oxygen atoms in total. The van der Waals surface area contributed by atoms with Gasteiger partial charge in [-0.3, -0.25) is 0 Å². The Morgan fingerprint density at radius 2 is 1.76 bits per heavy atom. The van der Waals surface area contributed by atoms with Crippen LogP contribution in [0.15, 0.2) is 30.3 Å². The smallest absolute Gasteiger partial charge is 0.433 e. The van der Waals surface area contributed by atoms with Crippen LogP contribution < -0.4 is 15.4 Å². The molecular formula is C17H21F3N4O. The third-order valence-electron chi connectivity index (χ3n) is 3.16. The molecule has 0 aliphatic rings. The van der Waals surface area contributed by atoms with Crippen LogP contribution in [-0.2, 0) is 12.7 Å². The molecule has 2 aromatic rings. The first kappa shape index (κ1) is 18.8. The minimum absolute atomic E-state index is 0.0788. The first-order valence-corrected chi connectivity index (χ1v) is 7.69. The fourth-order valence-corrected chi connectivity index (χ4v) is 2.11. The van der Waals surface area contributed by atoms with Gasteiger partial charge in [0.2, 0.25) is 5.95 Å². The zero-order valence-electron chi connectivity index (χ0n) is 14.5. The summed E-state index contributed by atoms with van der Waals surface area (Å²) in [7, 11) is 1.54. The summed E-state index contributed by atoms with van der Waals surface area (Å²) in [6, 6.07) is 8.15. The van der Waals surface area contributed by atoms with Gasteiger partial charge >= 0.3 is 6.18 Å². The number of hydrogen-bond donors (Lipinski definition) is 2. The molecule has 1 heterocycles. The van der Waals surface area contributed by atoms with Crippen molar-refractivity contribution in [1.29, 1.82) is 0 Å². The molecule has 136 valence electrons. The topological polar surface area (TPSA) is 59.1 Å². The third kappa shape index (κ3) is 5.51. The second-order valence-electron chi connectivity index (χ2n) is 6.50. The van der Waals surface area contributed by atoms with E-state index in [1.165, 1.54) is 7.11 Å². The van der Waals surface area contributed by atoms with Crippen LogP contribution in [0, 0.1) is 0 Å². The van der Waals surface area contributed by atoms with Gasteiger partial charge in [-0.25, -0.2) is 4.98 Å². The van der Waals surface area contributed by atoms with Gasteiger partial charge in [-0.2, -0.15) is 18.2 Å². The number of para-hydroxylation sites is 1. The van der Waals surface area contributed by atoms with Gasteiger partial charge in [0.15, 0.2) is 5.69 Å². The Kier molecular flexibility index (Phi) is 5.39. The molecule has 0 aliphatic carbocycles. The highest BCUT2D eigenvalue weighted by Crippen LogP contribution is 2.30. The predicted octanol–water partition coefficient (Wildman–Crippen LogP) is 4.33. The molecule has 1 aromatic carbocycles. The van der Waals surface area contributed by atoms with E-state index in [0.29, 0.717) is 5.75 Å². The number of nitrogens with one attached hydrogen (secondary N) is 2. The number of nitrogens with zero attached hydrogens (tertiary/aromatic N) is 2. The number of benzene rings is 1. The Hall–Kier alpha value is -2.51. The average Bonchev–Trinajstić information content (AvgIpc) is 2.50. The predicted molar refractivity (Wildman–Crippen MR) is 90.7 cm³/mol. The molecule has 0 unspecified atom stereocenters. The van der Waals surface area contributed by atoms with Crippen LogP contribution in [0.1, 0.15) is 32.0 Å². The summed E-state index contributed by atoms with van der Waals surface area (Å²) in [5.41, 5.74) is -0.663. The minimum Gasteiger partial charge on any atom is -0.496 e. The first-order valence-electron chi connectivity index (χ1n) is 7.69. The molecule has 0 amide bonds. The normalized spacial score (nSPS) is 12.0. The molecule has 0 saturated heterocycles. The average molecular weight is 354 g/mol. The molecule has 2 rings (SSSR count). The molecule has 0 atom stereocenters. The maximum atomic E-state index is 13.1. The highest BCUT2D eigenvalue weighted by Gasteiger charge is 2.34. The monoisotopic (exact) mass is 354 g/mol. The summed E-state index contributed by atoms with van der Waals surface area (Å²) in [4.78, 5) is 7.70. The van der Waals surface area contributed by atoms with Gasteiger partial charge in [0.25, 0.3) is 0 Å². The van der Waals surface area contributed by atoms with Crippen LogP contribution in [0.2, 0.25) is 0 Å². The zero-order valence-corrected chi connectivity index (χ0v) is 14.5. The van der Waals surface area contributed by atoms with Crippen molar-refractivity contribution in [3.05, 3.63) is 41.6 Å². The van der Waals surface area contributed by atoms with Gasteiger partial charge in [0.05, 0.1) is 7.11 Å². The lowest BCUT2D eigenvalue weighted by Gasteiger charge is -2.21. The van der Waals surface area contributed by atoms with Crippen LogP contribution in [-0.4, -0.2) is 22.6 Å². The van der Waals surface area contributed by atoms with Crippen molar-refractivity contribution in [3.8, 4) is 5.75 Å². The summed E-state index contributed by atoms with van der Waals surface area (Å²) >= 11 is 0. The SMILES string of the molecule is COc1ccccc1CNc1cc(C(F)(F)F)nc(NC(C)(C)C)n1. The maximum absolute atomic E-state index is 13.1. The summed E-state index contributed by atoms with van der Waals surface area (Å²) in [5, 5.41) is 5.77. The molecule has 2 N–H and O–H groups in total. The third-order valence-corrected chi connectivity index (χ3v) is 3.16. The molecule has 0 aliphatic heterocycles. The number of rotatable bonds is 5. The van der Waals surface area contributed by atoms with Crippen molar-refractivity contribution in [2.24, 2.45) is 0 Å². The van der Waals surface area contributed by atoms with Crippen LogP contribution in [0.4, 0.5) is 24.9 Å². The van der Waals surface area contributed by atoms with Gasteiger partial charge in [-0.15, -0.1) is 0 Å². The fourth-order valence-electron chi connectivity index (χ4n) is 2.11. The highest BCUT2D eigenvalue weighted by molar-refractivity contribution is 5.45. The number of aromatic nitrogens is 2. The van der Waals surface area contributed by atoms with Crippen molar-refractivity contribution < 1.29 is 17.9 Å². The summed E-state index contributed by atoms with van der Waals surface area (Å²) in [6.07, 6.45) is -4.56. The van der Waals surface area contributed by atoms with Crippen LogP contribution in [0.25, 0.3) is 0 Å². The molecule has 0 saturated carbocycles. The second-order valence-corrected chi connectivity index (χ2v) is 6.50. The van der Waals surface area contributed by atoms with Gasteiger partial charge in [-0.05, 0) is 26.8 Å². The summed E-state index contributed by atoms with van der Waals surface area (Å²) in [6.45, 7) is 5.73. The van der Waals surface area contributed by atoms with E-state index in [2.05, 4.69) is 20.6 Å². The van der Waals surface area contributed by atoms with Crippen LogP contribution in [0.3, 0.4) is 0 Å². The van der Waals surface area contributed by atoms with Crippen molar-refractivity contribution in [3.63, 3.8) is 0 Å². The highest BCUT2D eigenvalue weighted by atomic mass is 19.4. The first-order chi connectivity index (χ1) is 11.6. The Balaban J connectivity index is 2.28. The minimum atomic E-state index is -4.56. The summed E-state index contributed by atoms with van der Waals surface area (Å²) in [5.74, 6) is 0.651. The molecule has 0 bridgehead atoms. The van der Waals surface area contributed by atoms with Crippen LogP contribution >= 0.6 is 0 Å². The van der Waals surface area contributed by atoms with E-state index in [0.717, 1.165) is 11.6 Å². The number of hydrogen-bond acceptors (Lipinski definition) is 5. The van der Waals surface area contributed by atoms with Crippen molar-refractivity contribution in [1.82, 2.24) is 9.97 Å². The fraction of sp³-hybridized carbons (Fsp3) is 0.412. The van der Waals surface area contributed by atoms with E-state index in [9.17, 15) is 13.2 Å². The van der Waals surface area contributed by atoms with E-state index in [-0.39, 0.29) is 18.3 Å². The maximum Gasteiger partial charge on any atom is 0.433 e. The number of methoxy groups -OCH3 is 1. The van der Waals surface area contributed by atoms with Crippen molar-refractivity contribution in [2.75, 3.05) is 17.7 Å². The quantitative estimate of drug-likeness (QED) is 0.837. The second kappa shape index (κ2) is 7.16. The number of anilines is 2. The molecule has 25 heavy (non-hydrogen) atoms. The van der Waals surface area contributed by atoms with Gasteiger partial charge < -0.3 is 15.4 Å². The lowest BCUT2D eigenvalue weighted by atomic mass is 10.1. The molecule has 0 spiro atoms. The Labute approximate surface area is 144 Å². The van der Waals surface area contributed by atoms with Crippen molar-refractivity contribution in [2.45, 2.75) is 39.0 Å². The molecule has 0 radical (unpaired) electrons. The van der Waals surface area contributed by atoms with E-state index in [1.807, 2.05) is 39.0 Å². The van der Waals surface area contributed by atoms with E-state index < -0.39 is 17.4 Å². The van der Waals surface area contributed by atoms with Crippen LogP contribution in [0.5, 0.6) is 5.75 Å². The molecule has 0 fully saturated rings. The van der Waals surface area contributed by atoms with E-state index in [1.54, 1.807) is 6.07 Å². The van der Waals surface area contributed by atoms with Crippen molar-refractivity contribution >= 4 is 11.8 Å². The summed E-state index contributed by atoms with van der Waals surface area (Å²) < 4.78 is 44.5. The Morgan fingerprint density at radius 3 is 2.36 bits per heavy atom. The number of halogens is 3.